The van der Waals surface area contributed by atoms with Gasteiger partial charge in [-0.05, 0) is 30.0 Å². The number of hydrogen-bond donors (Lipinski definition) is 2. The zero-order valence-corrected chi connectivity index (χ0v) is 8.38. The lowest BCUT2D eigenvalue weighted by molar-refractivity contribution is 1.48. The third-order valence-corrected chi connectivity index (χ3v) is 3.41. The molecule has 0 saturated carbocycles. The molecule has 0 atom stereocenters. The molecular formula is C9H9NS2. The Labute approximate surface area is 80.6 Å². The molecule has 0 fully saturated rings. The molecule has 2 rings (SSSR count). The van der Waals surface area contributed by atoms with E-state index in [1.807, 2.05) is 13.0 Å². The van der Waals surface area contributed by atoms with Gasteiger partial charge >= 0.3 is 0 Å². The molecule has 0 spiro atoms. The maximum Gasteiger partial charge on any atom is 0.0403 e. The summed E-state index contributed by atoms with van der Waals surface area (Å²) in [6.07, 6.45) is 0. The van der Waals surface area contributed by atoms with E-state index in [4.69, 9.17) is 5.73 Å². The first kappa shape index (κ1) is 7.95. The van der Waals surface area contributed by atoms with Gasteiger partial charge in [0, 0.05) is 20.7 Å². The Bertz CT molecular complexity index is 431. The maximum absolute atomic E-state index is 5.80. The van der Waals surface area contributed by atoms with Gasteiger partial charge in [0.1, 0.15) is 0 Å². The van der Waals surface area contributed by atoms with Crippen LogP contribution in [0.15, 0.2) is 22.4 Å². The number of aryl methyl sites for hydroxylation is 1. The molecule has 3 heteroatoms. The lowest BCUT2D eigenvalue weighted by Gasteiger charge is -2.03. The summed E-state index contributed by atoms with van der Waals surface area (Å²) >= 11 is 6.07. The number of hydrogen-bond acceptors (Lipinski definition) is 3. The van der Waals surface area contributed by atoms with E-state index < -0.39 is 0 Å². The van der Waals surface area contributed by atoms with Crippen molar-refractivity contribution in [2.75, 3.05) is 5.73 Å². The summed E-state index contributed by atoms with van der Waals surface area (Å²) in [6.45, 7) is 2.04. The van der Waals surface area contributed by atoms with E-state index in [2.05, 4.69) is 24.1 Å². The van der Waals surface area contributed by atoms with Crippen LogP contribution < -0.4 is 5.73 Å². The van der Waals surface area contributed by atoms with Gasteiger partial charge in [-0.3, -0.25) is 0 Å². The fraction of sp³-hybridized carbons (Fsp3) is 0.111. The fourth-order valence-corrected chi connectivity index (χ4v) is 2.61. The Morgan fingerprint density at radius 1 is 1.50 bits per heavy atom. The SMILES string of the molecule is Cc1c(N)cc(S)c2ccsc12. The first-order valence-electron chi connectivity index (χ1n) is 3.65. The smallest absolute Gasteiger partial charge is 0.0403 e. The number of benzene rings is 1. The van der Waals surface area contributed by atoms with Gasteiger partial charge in [0.05, 0.1) is 0 Å². The number of anilines is 1. The van der Waals surface area contributed by atoms with Gasteiger partial charge < -0.3 is 5.73 Å². The highest BCUT2D eigenvalue weighted by molar-refractivity contribution is 7.80. The van der Waals surface area contributed by atoms with E-state index in [9.17, 15) is 0 Å². The molecule has 2 N–H and O–H groups in total. The predicted molar refractivity (Wildman–Crippen MR) is 58.2 cm³/mol. The molecule has 0 saturated heterocycles. The van der Waals surface area contributed by atoms with Crippen LogP contribution in [0, 0.1) is 6.92 Å². The second-order valence-electron chi connectivity index (χ2n) is 2.77. The number of fused-ring (bicyclic) bond motifs is 1. The molecule has 0 radical (unpaired) electrons. The van der Waals surface area contributed by atoms with Crippen LogP contribution >= 0.6 is 24.0 Å². The third kappa shape index (κ3) is 1.01. The standard InChI is InChI=1S/C9H9NS2/c1-5-7(10)4-8(11)6-2-3-12-9(5)6/h2-4,11H,10H2,1H3. The molecule has 2 aromatic rings. The van der Waals surface area contributed by atoms with Crippen LogP contribution in [0.3, 0.4) is 0 Å². The predicted octanol–water partition coefficient (Wildman–Crippen LogP) is 3.08. The van der Waals surface area contributed by atoms with Crippen molar-refractivity contribution >= 4 is 39.7 Å². The van der Waals surface area contributed by atoms with Gasteiger partial charge in [-0.2, -0.15) is 0 Å². The number of nitrogen functional groups attached to an aromatic ring is 1. The quantitative estimate of drug-likeness (QED) is 0.490. The monoisotopic (exact) mass is 195 g/mol. The van der Waals surface area contributed by atoms with Crippen molar-refractivity contribution < 1.29 is 0 Å². The van der Waals surface area contributed by atoms with Crippen molar-refractivity contribution in [2.45, 2.75) is 11.8 Å². The van der Waals surface area contributed by atoms with Gasteiger partial charge in [0.15, 0.2) is 0 Å². The Balaban J connectivity index is 2.97. The average Bonchev–Trinajstić information content (AvgIpc) is 2.48. The molecule has 62 valence electrons. The Morgan fingerprint density at radius 2 is 2.25 bits per heavy atom. The minimum Gasteiger partial charge on any atom is -0.398 e. The summed E-state index contributed by atoms with van der Waals surface area (Å²) in [5.74, 6) is 0. The van der Waals surface area contributed by atoms with Crippen molar-refractivity contribution in [3.8, 4) is 0 Å². The summed E-state index contributed by atoms with van der Waals surface area (Å²) < 4.78 is 1.25. The van der Waals surface area contributed by atoms with E-state index in [-0.39, 0.29) is 0 Å². The molecule has 12 heavy (non-hydrogen) atoms. The van der Waals surface area contributed by atoms with Crippen molar-refractivity contribution in [3.05, 3.63) is 23.1 Å². The summed E-state index contributed by atoms with van der Waals surface area (Å²) in [4.78, 5) is 0.967. The van der Waals surface area contributed by atoms with Crippen molar-refractivity contribution in [2.24, 2.45) is 0 Å². The van der Waals surface area contributed by atoms with Crippen LogP contribution in [-0.4, -0.2) is 0 Å². The minimum atomic E-state index is 0.829. The third-order valence-electron chi connectivity index (χ3n) is 2.01. The van der Waals surface area contributed by atoms with Crippen molar-refractivity contribution in [3.63, 3.8) is 0 Å². The molecule has 1 aromatic carbocycles. The van der Waals surface area contributed by atoms with Crippen molar-refractivity contribution in [1.82, 2.24) is 0 Å². The summed E-state index contributed by atoms with van der Waals surface area (Å²) in [5.41, 5.74) is 7.80. The molecule has 0 aliphatic carbocycles. The van der Waals surface area contributed by atoms with Crippen LogP contribution in [0.25, 0.3) is 10.1 Å². The van der Waals surface area contributed by atoms with E-state index >= 15 is 0 Å². The van der Waals surface area contributed by atoms with Gasteiger partial charge in [-0.15, -0.1) is 24.0 Å². The Hall–Kier alpha value is -0.670. The second kappa shape index (κ2) is 2.68. The molecule has 0 aliphatic heterocycles. The molecular weight excluding hydrogens is 186 g/mol. The first-order chi connectivity index (χ1) is 5.70. The molecule has 0 bridgehead atoms. The fourth-order valence-electron chi connectivity index (χ4n) is 1.27. The first-order valence-corrected chi connectivity index (χ1v) is 4.98. The molecule has 1 nitrogen and oxygen atoms in total. The van der Waals surface area contributed by atoms with E-state index in [0.29, 0.717) is 0 Å². The highest BCUT2D eigenvalue weighted by Gasteiger charge is 2.05. The van der Waals surface area contributed by atoms with Crippen LogP contribution in [0.5, 0.6) is 0 Å². The zero-order valence-electron chi connectivity index (χ0n) is 6.66. The van der Waals surface area contributed by atoms with Crippen LogP contribution in [0.2, 0.25) is 0 Å². The molecule has 1 heterocycles. The number of nitrogens with two attached hydrogens (primary N) is 1. The number of rotatable bonds is 0. The normalized spacial score (nSPS) is 10.8. The van der Waals surface area contributed by atoms with E-state index in [0.717, 1.165) is 16.1 Å². The number of thiophene rings is 1. The second-order valence-corrected chi connectivity index (χ2v) is 4.17. The Morgan fingerprint density at radius 3 is 3.00 bits per heavy atom. The lowest BCUT2D eigenvalue weighted by atomic mass is 10.1. The summed E-state index contributed by atoms with van der Waals surface area (Å²) in [6, 6.07) is 3.99. The topological polar surface area (TPSA) is 26.0 Å². The lowest BCUT2D eigenvalue weighted by Crippen LogP contribution is -1.89. The largest absolute Gasteiger partial charge is 0.398 e. The Kier molecular flexibility index (Phi) is 1.77. The summed E-state index contributed by atoms with van der Waals surface area (Å²) in [5, 5.41) is 3.27. The van der Waals surface area contributed by atoms with Gasteiger partial charge in [-0.1, -0.05) is 0 Å². The molecule has 0 aliphatic rings. The van der Waals surface area contributed by atoms with Crippen LogP contribution in [0.4, 0.5) is 5.69 Å². The minimum absolute atomic E-state index is 0.829. The van der Waals surface area contributed by atoms with Gasteiger partial charge in [-0.25, -0.2) is 0 Å². The summed E-state index contributed by atoms with van der Waals surface area (Å²) in [7, 11) is 0. The average molecular weight is 195 g/mol. The molecule has 0 unspecified atom stereocenters. The number of thiol groups is 1. The van der Waals surface area contributed by atoms with E-state index in [1.165, 1.54) is 10.1 Å². The van der Waals surface area contributed by atoms with Crippen LogP contribution in [-0.2, 0) is 0 Å². The van der Waals surface area contributed by atoms with Crippen molar-refractivity contribution in [1.29, 1.82) is 0 Å². The maximum atomic E-state index is 5.80. The highest BCUT2D eigenvalue weighted by Crippen LogP contribution is 2.33. The van der Waals surface area contributed by atoms with Crippen LogP contribution in [0.1, 0.15) is 5.56 Å². The van der Waals surface area contributed by atoms with Gasteiger partial charge in [0.25, 0.3) is 0 Å². The molecule has 0 amide bonds. The van der Waals surface area contributed by atoms with Gasteiger partial charge in [0.2, 0.25) is 0 Å². The zero-order chi connectivity index (χ0) is 8.72. The van der Waals surface area contributed by atoms with E-state index in [1.54, 1.807) is 11.3 Å². The highest BCUT2D eigenvalue weighted by atomic mass is 32.1. The molecule has 1 aromatic heterocycles.